The van der Waals surface area contributed by atoms with Crippen molar-refractivity contribution in [2.75, 3.05) is 18.0 Å². The second kappa shape index (κ2) is 6.36. The van der Waals surface area contributed by atoms with E-state index in [9.17, 15) is 14.4 Å². The number of hydrogen-bond acceptors (Lipinski definition) is 4. The van der Waals surface area contributed by atoms with E-state index in [1.807, 2.05) is 0 Å². The lowest BCUT2D eigenvalue weighted by molar-refractivity contribution is -0.138. The molecule has 112 valence electrons. The van der Waals surface area contributed by atoms with Crippen molar-refractivity contribution in [1.29, 1.82) is 0 Å². The van der Waals surface area contributed by atoms with Crippen molar-refractivity contribution in [2.45, 2.75) is 18.9 Å². The average molecular weight is 291 g/mol. The highest BCUT2D eigenvalue weighted by Gasteiger charge is 2.29. The number of hydrogen-bond donors (Lipinski definition) is 3. The van der Waals surface area contributed by atoms with E-state index in [2.05, 4.69) is 5.32 Å². The predicted octanol–water partition coefficient (Wildman–Crippen LogP) is 0.0140. The number of carbonyl (C=O) groups excluding carboxylic acids is 2. The molecule has 0 aromatic heterocycles. The maximum absolute atomic E-state index is 11.9. The van der Waals surface area contributed by atoms with Gasteiger partial charge in [-0.05, 0) is 18.1 Å². The van der Waals surface area contributed by atoms with Crippen molar-refractivity contribution in [2.24, 2.45) is 5.73 Å². The van der Waals surface area contributed by atoms with Crippen LogP contribution in [0.4, 0.5) is 5.69 Å². The molecule has 1 aromatic rings. The molecule has 0 saturated carbocycles. The Hall–Kier alpha value is -2.41. The zero-order chi connectivity index (χ0) is 15.4. The molecule has 1 atom stereocenters. The summed E-state index contributed by atoms with van der Waals surface area (Å²) in [6.45, 7) is 0.747. The van der Waals surface area contributed by atoms with Crippen LogP contribution in [-0.2, 0) is 14.4 Å². The molecule has 1 aromatic carbocycles. The number of anilines is 1. The van der Waals surface area contributed by atoms with Crippen LogP contribution in [0, 0.1) is 0 Å². The molecule has 1 unspecified atom stereocenters. The Kier molecular flexibility index (Phi) is 4.54. The van der Waals surface area contributed by atoms with Gasteiger partial charge in [-0.25, -0.2) is 0 Å². The van der Waals surface area contributed by atoms with Gasteiger partial charge in [0, 0.05) is 31.2 Å². The van der Waals surface area contributed by atoms with Gasteiger partial charge < -0.3 is 21.1 Å². The molecule has 1 heterocycles. The average Bonchev–Trinajstić information content (AvgIpc) is 2.47. The van der Waals surface area contributed by atoms with Crippen LogP contribution in [0.15, 0.2) is 24.3 Å². The second-order valence-electron chi connectivity index (χ2n) is 4.81. The third kappa shape index (κ3) is 3.38. The molecule has 0 aliphatic carbocycles. The summed E-state index contributed by atoms with van der Waals surface area (Å²) in [7, 11) is 0. The van der Waals surface area contributed by atoms with Gasteiger partial charge in [0.05, 0.1) is 0 Å². The van der Waals surface area contributed by atoms with Crippen molar-refractivity contribution in [3.05, 3.63) is 29.8 Å². The van der Waals surface area contributed by atoms with Gasteiger partial charge in [0.15, 0.2) is 0 Å². The molecule has 1 saturated heterocycles. The summed E-state index contributed by atoms with van der Waals surface area (Å²) in [5.41, 5.74) is 7.26. The number of nitrogens with one attached hydrogen (secondary N) is 1. The smallest absolute Gasteiger partial charge is 0.316 e. The van der Waals surface area contributed by atoms with E-state index in [0.717, 1.165) is 0 Å². The van der Waals surface area contributed by atoms with Gasteiger partial charge in [-0.1, -0.05) is 18.2 Å². The van der Waals surface area contributed by atoms with Crippen LogP contribution in [0.2, 0.25) is 0 Å². The lowest BCUT2D eigenvalue weighted by atomic mass is 10.00. The lowest BCUT2D eigenvalue weighted by Gasteiger charge is -2.29. The van der Waals surface area contributed by atoms with Gasteiger partial charge >= 0.3 is 17.8 Å². The van der Waals surface area contributed by atoms with Gasteiger partial charge in [0.25, 0.3) is 0 Å². The van der Waals surface area contributed by atoms with Crippen molar-refractivity contribution < 1.29 is 19.5 Å². The fraction of sp³-hybridized carbons (Fsp3) is 0.357. The van der Waals surface area contributed by atoms with E-state index in [0.29, 0.717) is 24.3 Å². The first kappa shape index (κ1) is 15.0. The maximum atomic E-state index is 11.9. The van der Waals surface area contributed by atoms with E-state index in [4.69, 9.17) is 10.8 Å². The molecule has 0 spiro atoms. The largest absolute Gasteiger partial charge is 0.481 e. The predicted molar refractivity (Wildman–Crippen MR) is 75.6 cm³/mol. The summed E-state index contributed by atoms with van der Waals surface area (Å²) >= 11 is 0. The van der Waals surface area contributed by atoms with Crippen LogP contribution in [0.25, 0.3) is 0 Å². The van der Waals surface area contributed by atoms with E-state index >= 15 is 0 Å². The van der Waals surface area contributed by atoms with Gasteiger partial charge in [0.1, 0.15) is 0 Å². The standard InChI is InChI=1S/C14H17N3O4/c15-10(5-6-12(18)19)9-3-1-2-4-11(9)17-8-7-16-13(20)14(17)21/h1-4,10H,5-8,15H2,(H,16,20)(H,18,19). The Morgan fingerprint density at radius 1 is 1.38 bits per heavy atom. The van der Waals surface area contributed by atoms with Gasteiger partial charge in [-0.2, -0.15) is 0 Å². The molecule has 2 amide bonds. The van der Waals surface area contributed by atoms with Crippen molar-refractivity contribution in [1.82, 2.24) is 5.32 Å². The quantitative estimate of drug-likeness (QED) is 0.662. The molecular weight excluding hydrogens is 274 g/mol. The molecule has 1 aliphatic heterocycles. The zero-order valence-corrected chi connectivity index (χ0v) is 11.4. The van der Waals surface area contributed by atoms with E-state index < -0.39 is 23.8 Å². The first-order valence-corrected chi connectivity index (χ1v) is 6.66. The van der Waals surface area contributed by atoms with Crippen LogP contribution in [0.1, 0.15) is 24.4 Å². The molecule has 0 radical (unpaired) electrons. The zero-order valence-electron chi connectivity index (χ0n) is 11.4. The Morgan fingerprint density at radius 2 is 2.10 bits per heavy atom. The minimum absolute atomic E-state index is 0.0517. The minimum Gasteiger partial charge on any atom is -0.481 e. The summed E-state index contributed by atoms with van der Waals surface area (Å²) in [5, 5.41) is 11.2. The van der Waals surface area contributed by atoms with Crippen LogP contribution >= 0.6 is 0 Å². The number of amides is 2. The van der Waals surface area contributed by atoms with E-state index in [-0.39, 0.29) is 12.8 Å². The van der Waals surface area contributed by atoms with Gasteiger partial charge in [-0.15, -0.1) is 0 Å². The van der Waals surface area contributed by atoms with Crippen LogP contribution in [0.3, 0.4) is 0 Å². The van der Waals surface area contributed by atoms with Crippen molar-refractivity contribution in [3.63, 3.8) is 0 Å². The topological polar surface area (TPSA) is 113 Å². The molecule has 2 rings (SSSR count). The third-order valence-corrected chi connectivity index (χ3v) is 3.36. The Bertz CT molecular complexity index is 573. The molecular formula is C14H17N3O4. The summed E-state index contributed by atoms with van der Waals surface area (Å²) in [5.74, 6) is -2.19. The minimum atomic E-state index is -0.920. The SMILES string of the molecule is NC(CCC(=O)O)c1ccccc1N1CCNC(=O)C1=O. The van der Waals surface area contributed by atoms with Gasteiger partial charge in [-0.3, -0.25) is 14.4 Å². The van der Waals surface area contributed by atoms with E-state index in [1.165, 1.54) is 4.90 Å². The van der Waals surface area contributed by atoms with E-state index in [1.54, 1.807) is 24.3 Å². The van der Waals surface area contributed by atoms with Crippen molar-refractivity contribution >= 4 is 23.5 Å². The number of nitrogens with two attached hydrogens (primary N) is 1. The monoisotopic (exact) mass is 291 g/mol. The summed E-state index contributed by atoms with van der Waals surface area (Å²) in [6, 6.07) is 6.49. The first-order chi connectivity index (χ1) is 10.0. The molecule has 0 bridgehead atoms. The molecule has 7 heteroatoms. The van der Waals surface area contributed by atoms with Crippen LogP contribution < -0.4 is 16.0 Å². The first-order valence-electron chi connectivity index (χ1n) is 6.66. The molecule has 21 heavy (non-hydrogen) atoms. The number of nitrogens with zero attached hydrogens (tertiary/aromatic N) is 1. The summed E-state index contributed by atoms with van der Waals surface area (Å²) in [6.07, 6.45) is 0.213. The number of rotatable bonds is 5. The highest BCUT2D eigenvalue weighted by molar-refractivity contribution is 6.41. The molecule has 1 aliphatic rings. The number of carboxylic acid groups (broad SMARTS) is 1. The lowest BCUT2D eigenvalue weighted by Crippen LogP contribution is -2.52. The highest BCUT2D eigenvalue weighted by atomic mass is 16.4. The number of benzene rings is 1. The van der Waals surface area contributed by atoms with Gasteiger partial charge in [0.2, 0.25) is 0 Å². The second-order valence-corrected chi connectivity index (χ2v) is 4.81. The Morgan fingerprint density at radius 3 is 2.81 bits per heavy atom. The molecule has 4 N–H and O–H groups in total. The number of piperazine rings is 1. The van der Waals surface area contributed by atoms with Crippen LogP contribution in [0.5, 0.6) is 0 Å². The summed E-state index contributed by atoms with van der Waals surface area (Å²) in [4.78, 5) is 35.4. The van der Waals surface area contributed by atoms with Crippen LogP contribution in [-0.4, -0.2) is 36.0 Å². The Labute approximate surface area is 121 Å². The normalized spacial score (nSPS) is 16.5. The maximum Gasteiger partial charge on any atom is 0.316 e. The van der Waals surface area contributed by atoms with Crippen molar-refractivity contribution in [3.8, 4) is 0 Å². The third-order valence-electron chi connectivity index (χ3n) is 3.36. The fourth-order valence-corrected chi connectivity index (χ4v) is 2.29. The number of para-hydroxylation sites is 1. The summed E-state index contributed by atoms with van der Waals surface area (Å²) < 4.78 is 0. The highest BCUT2D eigenvalue weighted by Crippen LogP contribution is 2.28. The Balaban J connectivity index is 2.25. The fourth-order valence-electron chi connectivity index (χ4n) is 2.29. The number of aliphatic carboxylic acids is 1. The number of carboxylic acids is 1. The molecule has 1 fully saturated rings. The molecule has 7 nitrogen and oxygen atoms in total. The number of carbonyl (C=O) groups is 3.